The maximum absolute atomic E-state index is 11.9. The monoisotopic (exact) mass is 269 g/mol. The smallest absolute Gasteiger partial charge is 0.228 e. The van der Waals surface area contributed by atoms with Crippen molar-refractivity contribution >= 4 is 17.4 Å². The second kappa shape index (κ2) is 6.70. The van der Waals surface area contributed by atoms with E-state index < -0.39 is 0 Å². The van der Waals surface area contributed by atoms with Gasteiger partial charge in [-0.25, -0.2) is 4.98 Å². The van der Waals surface area contributed by atoms with Crippen LogP contribution in [0.4, 0.5) is 11.5 Å². The number of nitrogens with zero attached hydrogens (tertiary/aromatic N) is 1. The topological polar surface area (TPSA) is 68.0 Å². The van der Waals surface area contributed by atoms with E-state index in [1.54, 1.807) is 18.3 Å². The number of rotatable bonds is 5. The number of amides is 1. The van der Waals surface area contributed by atoms with Crippen LogP contribution in [0.3, 0.4) is 0 Å². The van der Waals surface area contributed by atoms with Gasteiger partial charge in [0.15, 0.2) is 0 Å². The number of nitrogens with two attached hydrogens (primary N) is 1. The molecule has 2 rings (SSSR count). The van der Waals surface area contributed by atoms with Gasteiger partial charge in [0, 0.05) is 0 Å². The number of nitrogen functional groups attached to an aromatic ring is 1. The molecule has 0 saturated heterocycles. The lowest BCUT2D eigenvalue weighted by molar-refractivity contribution is -0.115. The first-order valence-corrected chi connectivity index (χ1v) is 6.76. The molecule has 0 aliphatic heterocycles. The number of anilines is 2. The number of hydrogen-bond acceptors (Lipinski definition) is 3. The molecule has 4 nitrogen and oxygen atoms in total. The molecule has 0 bridgehead atoms. The van der Waals surface area contributed by atoms with Gasteiger partial charge in [0.1, 0.15) is 5.82 Å². The van der Waals surface area contributed by atoms with Crippen molar-refractivity contribution in [1.29, 1.82) is 0 Å². The Morgan fingerprint density at radius 1 is 1.15 bits per heavy atom. The molecule has 1 aromatic heterocycles. The Bertz CT molecular complexity index is 561. The summed E-state index contributed by atoms with van der Waals surface area (Å²) in [5.41, 5.74) is 8.47. The predicted octanol–water partition coefficient (Wildman–Crippen LogP) is 2.80. The van der Waals surface area contributed by atoms with Crippen LogP contribution in [0.15, 0.2) is 42.6 Å². The molecule has 1 heterocycles. The molecule has 2 aromatic rings. The number of carbonyl (C=O) groups excluding carboxylic acids is 1. The Morgan fingerprint density at radius 3 is 2.45 bits per heavy atom. The summed E-state index contributed by atoms with van der Waals surface area (Å²) in [6.45, 7) is 2.15. The van der Waals surface area contributed by atoms with Crippen molar-refractivity contribution in [3.05, 3.63) is 53.7 Å². The number of benzene rings is 1. The average Bonchev–Trinajstić information content (AvgIpc) is 2.44. The second-order valence-electron chi connectivity index (χ2n) is 4.76. The zero-order valence-corrected chi connectivity index (χ0v) is 11.6. The van der Waals surface area contributed by atoms with Gasteiger partial charge in [-0.1, -0.05) is 37.6 Å². The van der Waals surface area contributed by atoms with Gasteiger partial charge in [0.05, 0.1) is 18.3 Å². The lowest BCUT2D eigenvalue weighted by atomic mass is 10.1. The van der Waals surface area contributed by atoms with Crippen molar-refractivity contribution in [2.75, 3.05) is 11.1 Å². The van der Waals surface area contributed by atoms with Gasteiger partial charge >= 0.3 is 0 Å². The third-order valence-electron chi connectivity index (χ3n) is 3.00. The van der Waals surface area contributed by atoms with E-state index in [0.29, 0.717) is 17.9 Å². The Labute approximate surface area is 119 Å². The van der Waals surface area contributed by atoms with Crippen LogP contribution in [0.25, 0.3) is 0 Å². The van der Waals surface area contributed by atoms with Gasteiger partial charge in [-0.3, -0.25) is 4.79 Å². The van der Waals surface area contributed by atoms with Crippen LogP contribution in [0.5, 0.6) is 0 Å². The maximum Gasteiger partial charge on any atom is 0.228 e. The predicted molar refractivity (Wildman–Crippen MR) is 81.4 cm³/mol. The highest BCUT2D eigenvalue weighted by Gasteiger charge is 2.04. The first-order chi connectivity index (χ1) is 9.67. The molecular formula is C16H19N3O. The van der Waals surface area contributed by atoms with Crippen LogP contribution in [0.1, 0.15) is 24.5 Å². The third-order valence-corrected chi connectivity index (χ3v) is 3.00. The van der Waals surface area contributed by atoms with Crippen LogP contribution in [0, 0.1) is 0 Å². The van der Waals surface area contributed by atoms with E-state index in [1.165, 1.54) is 5.56 Å². The molecule has 3 N–H and O–H groups in total. The van der Waals surface area contributed by atoms with E-state index in [-0.39, 0.29) is 5.91 Å². The Balaban J connectivity index is 1.92. The molecule has 0 spiro atoms. The minimum absolute atomic E-state index is 0.0557. The van der Waals surface area contributed by atoms with E-state index in [4.69, 9.17) is 5.73 Å². The van der Waals surface area contributed by atoms with E-state index in [9.17, 15) is 4.79 Å². The van der Waals surface area contributed by atoms with E-state index in [0.717, 1.165) is 18.4 Å². The van der Waals surface area contributed by atoms with Gasteiger partial charge in [0.25, 0.3) is 0 Å². The fourth-order valence-electron chi connectivity index (χ4n) is 1.98. The molecule has 0 atom stereocenters. The van der Waals surface area contributed by atoms with Crippen LogP contribution >= 0.6 is 0 Å². The highest BCUT2D eigenvalue weighted by molar-refractivity contribution is 5.92. The van der Waals surface area contributed by atoms with Crippen LogP contribution < -0.4 is 11.1 Å². The highest BCUT2D eigenvalue weighted by atomic mass is 16.1. The van der Waals surface area contributed by atoms with Crippen molar-refractivity contribution in [3.8, 4) is 0 Å². The molecule has 0 fully saturated rings. The molecule has 0 aliphatic carbocycles. The molecule has 0 unspecified atom stereocenters. The third kappa shape index (κ3) is 4.09. The van der Waals surface area contributed by atoms with E-state index in [2.05, 4.69) is 29.4 Å². The SMILES string of the molecule is CCCc1ccc(CC(=O)Nc2ccc(N)nc2)cc1. The Hall–Kier alpha value is -2.36. The Morgan fingerprint density at radius 2 is 1.85 bits per heavy atom. The number of pyridine rings is 1. The highest BCUT2D eigenvalue weighted by Crippen LogP contribution is 2.10. The molecule has 20 heavy (non-hydrogen) atoms. The average molecular weight is 269 g/mol. The lowest BCUT2D eigenvalue weighted by Crippen LogP contribution is -2.14. The fourth-order valence-corrected chi connectivity index (χ4v) is 1.98. The molecule has 1 amide bonds. The van der Waals surface area contributed by atoms with Crippen LogP contribution in [-0.4, -0.2) is 10.9 Å². The van der Waals surface area contributed by atoms with Crippen LogP contribution in [0.2, 0.25) is 0 Å². The molecule has 0 saturated carbocycles. The summed E-state index contributed by atoms with van der Waals surface area (Å²) in [6.07, 6.45) is 4.11. The quantitative estimate of drug-likeness (QED) is 0.877. The van der Waals surface area contributed by atoms with Crippen molar-refractivity contribution < 1.29 is 4.79 Å². The first kappa shape index (κ1) is 14.1. The molecule has 1 aromatic carbocycles. The van der Waals surface area contributed by atoms with Crippen molar-refractivity contribution in [2.24, 2.45) is 0 Å². The number of nitrogens with one attached hydrogen (secondary N) is 1. The van der Waals surface area contributed by atoms with Crippen molar-refractivity contribution in [1.82, 2.24) is 4.98 Å². The van der Waals surface area contributed by atoms with E-state index >= 15 is 0 Å². The summed E-state index contributed by atoms with van der Waals surface area (Å²) in [7, 11) is 0. The normalized spacial score (nSPS) is 10.2. The molecule has 0 aliphatic rings. The standard InChI is InChI=1S/C16H19N3O/c1-2-3-12-4-6-13(7-5-12)10-16(20)19-14-8-9-15(17)18-11-14/h4-9,11H,2-3,10H2,1H3,(H2,17,18)(H,19,20). The van der Waals surface area contributed by atoms with Gasteiger partial charge in [-0.2, -0.15) is 0 Å². The van der Waals surface area contributed by atoms with E-state index in [1.807, 2.05) is 12.1 Å². The molecule has 0 radical (unpaired) electrons. The fraction of sp³-hybridized carbons (Fsp3) is 0.250. The summed E-state index contributed by atoms with van der Waals surface area (Å²) in [5.74, 6) is 0.384. The second-order valence-corrected chi connectivity index (χ2v) is 4.76. The largest absolute Gasteiger partial charge is 0.384 e. The molecular weight excluding hydrogens is 250 g/mol. The molecule has 4 heteroatoms. The number of hydrogen-bond donors (Lipinski definition) is 2. The number of carbonyl (C=O) groups is 1. The summed E-state index contributed by atoms with van der Waals surface area (Å²) < 4.78 is 0. The number of aromatic nitrogens is 1. The van der Waals surface area contributed by atoms with Gasteiger partial charge in [0.2, 0.25) is 5.91 Å². The summed E-state index contributed by atoms with van der Waals surface area (Å²) in [4.78, 5) is 15.8. The lowest BCUT2D eigenvalue weighted by Gasteiger charge is -2.06. The van der Waals surface area contributed by atoms with Crippen molar-refractivity contribution in [2.45, 2.75) is 26.2 Å². The zero-order valence-electron chi connectivity index (χ0n) is 11.6. The number of aryl methyl sites for hydroxylation is 1. The van der Waals surface area contributed by atoms with Crippen molar-refractivity contribution in [3.63, 3.8) is 0 Å². The van der Waals surface area contributed by atoms with Gasteiger partial charge in [-0.05, 0) is 29.7 Å². The van der Waals surface area contributed by atoms with Gasteiger partial charge < -0.3 is 11.1 Å². The summed E-state index contributed by atoms with van der Waals surface area (Å²) in [5, 5.41) is 2.80. The Kier molecular flexibility index (Phi) is 4.71. The first-order valence-electron chi connectivity index (χ1n) is 6.76. The van der Waals surface area contributed by atoms with Crippen LogP contribution in [-0.2, 0) is 17.6 Å². The molecule has 104 valence electrons. The minimum Gasteiger partial charge on any atom is -0.384 e. The van der Waals surface area contributed by atoms with Gasteiger partial charge in [-0.15, -0.1) is 0 Å². The summed E-state index contributed by atoms with van der Waals surface area (Å²) >= 11 is 0. The maximum atomic E-state index is 11.9. The summed E-state index contributed by atoms with van der Waals surface area (Å²) in [6, 6.07) is 11.6. The zero-order chi connectivity index (χ0) is 14.4. The minimum atomic E-state index is -0.0557.